The smallest absolute Gasteiger partial charge is 0.137 e. The molecule has 0 bridgehead atoms. The van der Waals surface area contributed by atoms with E-state index in [4.69, 9.17) is 9.97 Å². The number of fused-ring (bicyclic) bond motifs is 11. The van der Waals surface area contributed by atoms with Gasteiger partial charge in [0.05, 0.1) is 16.7 Å². The second-order valence-corrected chi connectivity index (χ2v) is 10.6. The number of imidazole rings is 1. The van der Waals surface area contributed by atoms with Crippen LogP contribution in [0.3, 0.4) is 0 Å². The van der Waals surface area contributed by atoms with Gasteiger partial charge in [0.2, 0.25) is 0 Å². The van der Waals surface area contributed by atoms with E-state index in [0.29, 0.717) is 0 Å². The van der Waals surface area contributed by atoms with Crippen molar-refractivity contribution in [2.75, 3.05) is 0 Å². The molecule has 0 unspecified atom stereocenters. The highest BCUT2D eigenvalue weighted by Gasteiger charge is 2.17. The number of nitrogens with zero attached hydrogens (tertiary/aromatic N) is 3. The lowest BCUT2D eigenvalue weighted by Crippen LogP contribution is -1.92. The third-order valence-electron chi connectivity index (χ3n) is 8.36. The number of para-hydroxylation sites is 1. The van der Waals surface area contributed by atoms with Crippen LogP contribution in [0.25, 0.3) is 82.3 Å². The Morgan fingerprint density at radius 1 is 0.415 bits per heavy atom. The highest BCUT2D eigenvalue weighted by Crippen LogP contribution is 2.38. The van der Waals surface area contributed by atoms with Crippen molar-refractivity contribution in [3.05, 3.63) is 140 Å². The van der Waals surface area contributed by atoms with E-state index >= 15 is 0 Å². The van der Waals surface area contributed by atoms with Crippen molar-refractivity contribution >= 4 is 59.9 Å². The van der Waals surface area contributed by atoms with Crippen molar-refractivity contribution in [1.29, 1.82) is 0 Å². The quantitative estimate of drug-likeness (QED) is 0.212. The predicted molar refractivity (Wildman–Crippen MR) is 171 cm³/mol. The van der Waals surface area contributed by atoms with E-state index in [1.807, 2.05) is 18.2 Å². The largest absolute Gasteiger partial charge is 0.298 e. The molecule has 0 amide bonds. The van der Waals surface area contributed by atoms with Gasteiger partial charge >= 0.3 is 0 Å². The Labute approximate surface area is 236 Å². The molecule has 0 aliphatic carbocycles. The highest BCUT2D eigenvalue weighted by molar-refractivity contribution is 6.25. The number of pyridine rings is 2. The first-order valence-electron chi connectivity index (χ1n) is 13.9. The second kappa shape index (κ2) is 8.48. The van der Waals surface area contributed by atoms with E-state index in [0.717, 1.165) is 38.8 Å². The van der Waals surface area contributed by atoms with Crippen molar-refractivity contribution in [2.24, 2.45) is 0 Å². The summed E-state index contributed by atoms with van der Waals surface area (Å²) in [7, 11) is 0. The van der Waals surface area contributed by atoms with Gasteiger partial charge in [-0.15, -0.1) is 0 Å². The summed E-state index contributed by atoms with van der Waals surface area (Å²) in [5, 5.41) is 8.78. The Morgan fingerprint density at radius 2 is 1.02 bits per heavy atom. The first kappa shape index (κ1) is 22.3. The van der Waals surface area contributed by atoms with Gasteiger partial charge in [-0.2, -0.15) is 0 Å². The maximum Gasteiger partial charge on any atom is 0.137 e. The molecule has 3 heteroatoms. The molecule has 3 nitrogen and oxygen atoms in total. The van der Waals surface area contributed by atoms with Crippen LogP contribution < -0.4 is 0 Å². The number of hydrogen-bond acceptors (Lipinski definition) is 2. The van der Waals surface area contributed by atoms with Crippen LogP contribution >= 0.6 is 0 Å². The van der Waals surface area contributed by atoms with Crippen LogP contribution in [0.2, 0.25) is 0 Å². The molecule has 9 rings (SSSR count). The SMILES string of the molecule is c1cc(-c2ccc3c4ccccc4c4ccccc4c3c2)cc(-c2nc3ccccc3c3nc4ccccn4c23)c1. The van der Waals surface area contributed by atoms with Crippen LogP contribution in [0.5, 0.6) is 0 Å². The first-order chi connectivity index (χ1) is 20.3. The third-order valence-corrected chi connectivity index (χ3v) is 8.36. The molecule has 0 spiro atoms. The van der Waals surface area contributed by atoms with E-state index in [9.17, 15) is 0 Å². The van der Waals surface area contributed by atoms with E-state index in [1.165, 1.54) is 43.4 Å². The van der Waals surface area contributed by atoms with Crippen LogP contribution in [-0.2, 0) is 0 Å². The average Bonchev–Trinajstić information content (AvgIpc) is 3.44. The fourth-order valence-electron chi connectivity index (χ4n) is 6.49. The molecule has 3 aromatic heterocycles. The van der Waals surface area contributed by atoms with Gasteiger partial charge in [0.1, 0.15) is 11.2 Å². The molecule has 0 aliphatic heterocycles. The molecule has 6 aromatic carbocycles. The summed E-state index contributed by atoms with van der Waals surface area (Å²) in [6, 6.07) is 47.5. The highest BCUT2D eigenvalue weighted by atomic mass is 15.0. The molecule has 0 radical (unpaired) electrons. The molecule has 0 saturated carbocycles. The molecule has 0 atom stereocenters. The maximum atomic E-state index is 5.19. The number of rotatable bonds is 2. The summed E-state index contributed by atoms with van der Waals surface area (Å²) in [4.78, 5) is 10.2. The van der Waals surface area contributed by atoms with E-state index in [2.05, 4.69) is 126 Å². The number of aromatic nitrogens is 3. The Bertz CT molecular complexity index is 2450. The number of hydrogen-bond donors (Lipinski definition) is 0. The number of benzene rings is 6. The standard InChI is InChI=1S/C38H23N3/c1-2-14-29-27(12-1)28-13-3-4-15-30(28)33-23-25(19-20-31(29)33)24-10-9-11-26(22-24)36-38-37(32-16-5-6-17-34(32)39-36)40-35-18-7-8-21-41(35)38/h1-23H. The molecule has 190 valence electrons. The topological polar surface area (TPSA) is 30.2 Å². The van der Waals surface area contributed by atoms with Crippen LogP contribution in [0, 0.1) is 0 Å². The minimum atomic E-state index is 0.923. The van der Waals surface area contributed by atoms with Crippen LogP contribution in [0.4, 0.5) is 0 Å². The van der Waals surface area contributed by atoms with Gasteiger partial charge in [-0.3, -0.25) is 4.40 Å². The minimum Gasteiger partial charge on any atom is -0.298 e. The zero-order valence-corrected chi connectivity index (χ0v) is 22.1. The summed E-state index contributed by atoms with van der Waals surface area (Å²) in [5.74, 6) is 0. The fourth-order valence-corrected chi connectivity index (χ4v) is 6.49. The van der Waals surface area contributed by atoms with Gasteiger partial charge in [-0.25, -0.2) is 9.97 Å². The molecule has 3 heterocycles. The van der Waals surface area contributed by atoms with Crippen molar-refractivity contribution in [2.45, 2.75) is 0 Å². The first-order valence-corrected chi connectivity index (χ1v) is 13.9. The second-order valence-electron chi connectivity index (χ2n) is 10.6. The summed E-state index contributed by atoms with van der Waals surface area (Å²) in [6.07, 6.45) is 2.08. The zero-order chi connectivity index (χ0) is 26.9. The van der Waals surface area contributed by atoms with Crippen LogP contribution in [-0.4, -0.2) is 14.4 Å². The monoisotopic (exact) mass is 521 g/mol. The fraction of sp³-hybridized carbons (Fsp3) is 0. The van der Waals surface area contributed by atoms with Crippen molar-refractivity contribution in [3.8, 4) is 22.4 Å². The van der Waals surface area contributed by atoms with Crippen molar-refractivity contribution in [1.82, 2.24) is 14.4 Å². The lowest BCUT2D eigenvalue weighted by Gasteiger charge is -2.13. The molecule has 9 aromatic rings. The summed E-state index contributed by atoms with van der Waals surface area (Å²) < 4.78 is 2.16. The third kappa shape index (κ3) is 3.26. The summed E-state index contributed by atoms with van der Waals surface area (Å²) in [6.45, 7) is 0. The Kier molecular flexibility index (Phi) is 4.61. The van der Waals surface area contributed by atoms with Gasteiger partial charge < -0.3 is 0 Å². The molecule has 0 saturated heterocycles. The van der Waals surface area contributed by atoms with Crippen LogP contribution in [0.1, 0.15) is 0 Å². The molecular formula is C38H23N3. The molecule has 0 fully saturated rings. The van der Waals surface area contributed by atoms with E-state index < -0.39 is 0 Å². The maximum absolute atomic E-state index is 5.19. The van der Waals surface area contributed by atoms with Gasteiger partial charge in [0.15, 0.2) is 0 Å². The Morgan fingerprint density at radius 3 is 1.80 bits per heavy atom. The minimum absolute atomic E-state index is 0.923. The lowest BCUT2D eigenvalue weighted by molar-refractivity contribution is 1.22. The van der Waals surface area contributed by atoms with E-state index in [1.54, 1.807) is 0 Å². The van der Waals surface area contributed by atoms with Crippen molar-refractivity contribution in [3.63, 3.8) is 0 Å². The zero-order valence-electron chi connectivity index (χ0n) is 22.1. The van der Waals surface area contributed by atoms with Gasteiger partial charge in [-0.05, 0) is 73.8 Å². The van der Waals surface area contributed by atoms with Gasteiger partial charge in [-0.1, -0.05) is 103 Å². The molecular weight excluding hydrogens is 498 g/mol. The normalized spacial score (nSPS) is 11.9. The van der Waals surface area contributed by atoms with Crippen molar-refractivity contribution < 1.29 is 0 Å². The predicted octanol–water partition coefficient (Wildman–Crippen LogP) is 9.83. The molecule has 0 aliphatic rings. The van der Waals surface area contributed by atoms with Crippen LogP contribution in [0.15, 0.2) is 140 Å². The Balaban J connectivity index is 1.30. The lowest BCUT2D eigenvalue weighted by atomic mass is 9.91. The van der Waals surface area contributed by atoms with Gasteiger partial charge in [0.25, 0.3) is 0 Å². The average molecular weight is 522 g/mol. The molecule has 41 heavy (non-hydrogen) atoms. The summed E-state index contributed by atoms with van der Waals surface area (Å²) >= 11 is 0. The van der Waals surface area contributed by atoms with Gasteiger partial charge in [0, 0.05) is 17.1 Å². The van der Waals surface area contributed by atoms with E-state index in [-0.39, 0.29) is 0 Å². The summed E-state index contributed by atoms with van der Waals surface area (Å²) in [5.41, 5.74) is 8.26. The Hall–Kier alpha value is -5.54. The molecule has 0 N–H and O–H groups in total.